The van der Waals surface area contributed by atoms with Crippen LogP contribution in [0.15, 0.2) is 41.3 Å². The molecule has 0 N–H and O–H groups in total. The van der Waals surface area contributed by atoms with Gasteiger partial charge in [-0.25, -0.2) is 24.3 Å². The first kappa shape index (κ1) is 26.0. The topological polar surface area (TPSA) is 119 Å². The molecule has 1 aliphatic rings. The molecule has 1 atom stereocenters. The highest BCUT2D eigenvalue weighted by Crippen LogP contribution is 2.33. The lowest BCUT2D eigenvalue weighted by Gasteiger charge is -2.33. The molecule has 0 spiro atoms. The molecular formula is C25H19F4N7O3. The highest BCUT2D eigenvalue weighted by molar-refractivity contribution is 5.90. The monoisotopic (exact) mass is 541 g/mol. The minimum absolute atomic E-state index is 0.00140. The number of nitrogens with zero attached hydrogens (tertiary/aromatic N) is 7. The molecule has 0 aliphatic carbocycles. The minimum Gasteiger partial charge on any atom is -0.481 e. The second-order valence-electron chi connectivity index (χ2n) is 8.61. The zero-order valence-electron chi connectivity index (χ0n) is 20.5. The fourth-order valence-electron chi connectivity index (χ4n) is 4.26. The van der Waals surface area contributed by atoms with E-state index in [9.17, 15) is 18.0 Å². The van der Waals surface area contributed by atoms with Crippen LogP contribution in [0.1, 0.15) is 23.1 Å². The second-order valence-corrected chi connectivity index (χ2v) is 8.61. The summed E-state index contributed by atoms with van der Waals surface area (Å²) in [6.07, 6.45) is -3.88. The van der Waals surface area contributed by atoms with Crippen LogP contribution in [0.25, 0.3) is 22.3 Å². The molecule has 4 heterocycles. The normalized spacial score (nSPS) is 15.8. The molecule has 0 amide bonds. The lowest BCUT2D eigenvalue weighted by Crippen LogP contribution is -2.39. The number of aromatic nitrogens is 5. The van der Waals surface area contributed by atoms with E-state index in [-0.39, 0.29) is 42.5 Å². The van der Waals surface area contributed by atoms with Gasteiger partial charge in [0.1, 0.15) is 23.1 Å². The van der Waals surface area contributed by atoms with Gasteiger partial charge in [0.05, 0.1) is 31.9 Å². The Morgan fingerprint density at radius 1 is 1.15 bits per heavy atom. The van der Waals surface area contributed by atoms with Crippen LogP contribution in [0.3, 0.4) is 0 Å². The number of anilines is 1. The molecule has 1 saturated heterocycles. The number of ether oxygens (including phenoxy) is 2. The van der Waals surface area contributed by atoms with Crippen molar-refractivity contribution in [2.45, 2.75) is 12.3 Å². The molecule has 0 bridgehead atoms. The summed E-state index contributed by atoms with van der Waals surface area (Å²) in [5.41, 5.74) is -1.80. The Balaban J connectivity index is 1.69. The molecule has 14 heteroatoms. The summed E-state index contributed by atoms with van der Waals surface area (Å²) in [4.78, 5) is 31.2. The van der Waals surface area contributed by atoms with Gasteiger partial charge in [-0.15, -0.1) is 0 Å². The van der Waals surface area contributed by atoms with E-state index in [1.165, 1.54) is 19.2 Å². The number of rotatable bonds is 4. The minimum atomic E-state index is -4.97. The van der Waals surface area contributed by atoms with Gasteiger partial charge in [0.25, 0.3) is 5.56 Å². The second kappa shape index (κ2) is 9.91. The van der Waals surface area contributed by atoms with Crippen LogP contribution in [0, 0.1) is 17.1 Å². The van der Waals surface area contributed by atoms with E-state index >= 15 is 4.39 Å². The molecule has 1 aliphatic heterocycles. The fourth-order valence-corrected chi connectivity index (χ4v) is 4.26. The number of pyridine rings is 1. The van der Waals surface area contributed by atoms with Crippen LogP contribution in [0.5, 0.6) is 5.88 Å². The van der Waals surface area contributed by atoms with E-state index in [2.05, 4.69) is 19.9 Å². The van der Waals surface area contributed by atoms with Crippen LogP contribution < -0.4 is 15.2 Å². The van der Waals surface area contributed by atoms with Crippen molar-refractivity contribution in [3.63, 3.8) is 0 Å². The summed E-state index contributed by atoms with van der Waals surface area (Å²) in [6, 6.07) is 8.66. The van der Waals surface area contributed by atoms with Crippen molar-refractivity contribution in [1.82, 2.24) is 24.5 Å². The van der Waals surface area contributed by atoms with Gasteiger partial charge >= 0.3 is 6.18 Å². The van der Waals surface area contributed by atoms with E-state index in [1.807, 2.05) is 0 Å². The highest BCUT2D eigenvalue weighted by atomic mass is 19.4. The smallest absolute Gasteiger partial charge is 0.449 e. The maximum atomic E-state index is 15.1. The molecule has 3 aromatic heterocycles. The van der Waals surface area contributed by atoms with Crippen LogP contribution in [-0.2, 0) is 18.0 Å². The molecule has 39 heavy (non-hydrogen) atoms. The van der Waals surface area contributed by atoms with Crippen molar-refractivity contribution < 1.29 is 27.0 Å². The number of halogens is 4. The number of methoxy groups -OCH3 is 1. The van der Waals surface area contributed by atoms with Gasteiger partial charge in [-0.05, 0) is 29.8 Å². The third kappa shape index (κ3) is 4.84. The lowest BCUT2D eigenvalue weighted by molar-refractivity contribution is -0.147. The molecule has 4 aromatic rings. The van der Waals surface area contributed by atoms with E-state index in [0.717, 1.165) is 18.7 Å². The van der Waals surface area contributed by atoms with E-state index in [0.29, 0.717) is 10.4 Å². The summed E-state index contributed by atoms with van der Waals surface area (Å²) < 4.78 is 67.6. The average molecular weight is 541 g/mol. The number of hydrogen-bond acceptors (Lipinski definition) is 9. The zero-order chi connectivity index (χ0) is 27.9. The van der Waals surface area contributed by atoms with Crippen molar-refractivity contribution in [3.05, 3.63) is 69.7 Å². The predicted octanol–water partition coefficient (Wildman–Crippen LogP) is 3.40. The van der Waals surface area contributed by atoms with Crippen molar-refractivity contribution in [2.24, 2.45) is 7.05 Å². The van der Waals surface area contributed by atoms with E-state index < -0.39 is 40.5 Å². The molecular weight excluding hydrogens is 522 g/mol. The SMILES string of the molecule is COc1cc([C@@H]2CN(c3nc(-c4ccc(C#N)cc4F)c4nc(C(F)(F)F)n(C)c(=O)c4n3)CCO2)ccn1. The summed E-state index contributed by atoms with van der Waals surface area (Å²) >= 11 is 0. The standard InChI is InChI=1S/C25H19F4N7O3/c1-35-22(37)21-20(32-23(35)25(27,28)29)19(15-4-3-13(11-30)9-16(15)26)33-24(34-21)36-7-8-39-17(12-36)14-5-6-31-18(10-14)38-2/h3-6,9-10,17H,7-8,12H2,1-2H3/t17-/m0/s1. The lowest BCUT2D eigenvalue weighted by atomic mass is 10.1. The number of nitriles is 1. The van der Waals surface area contributed by atoms with Crippen molar-refractivity contribution >= 4 is 17.0 Å². The molecule has 10 nitrogen and oxygen atoms in total. The Morgan fingerprint density at radius 3 is 2.64 bits per heavy atom. The number of benzene rings is 1. The van der Waals surface area contributed by atoms with Gasteiger partial charge in [0.2, 0.25) is 17.7 Å². The zero-order valence-corrected chi connectivity index (χ0v) is 20.5. The van der Waals surface area contributed by atoms with Gasteiger partial charge in [0.15, 0.2) is 5.52 Å². The van der Waals surface area contributed by atoms with E-state index in [4.69, 9.17) is 14.7 Å². The van der Waals surface area contributed by atoms with Gasteiger partial charge in [-0.1, -0.05) is 0 Å². The van der Waals surface area contributed by atoms with Gasteiger partial charge < -0.3 is 14.4 Å². The maximum absolute atomic E-state index is 15.1. The number of fused-ring (bicyclic) bond motifs is 1. The van der Waals surface area contributed by atoms with Crippen LogP contribution in [0.2, 0.25) is 0 Å². The Kier molecular flexibility index (Phi) is 6.61. The van der Waals surface area contributed by atoms with Crippen LogP contribution in [0.4, 0.5) is 23.5 Å². The summed E-state index contributed by atoms with van der Waals surface area (Å²) in [5, 5.41) is 9.10. The van der Waals surface area contributed by atoms with Crippen LogP contribution >= 0.6 is 0 Å². The third-order valence-electron chi connectivity index (χ3n) is 6.21. The van der Waals surface area contributed by atoms with Crippen molar-refractivity contribution in [2.75, 3.05) is 31.7 Å². The Morgan fingerprint density at radius 2 is 1.95 bits per heavy atom. The molecule has 0 unspecified atom stereocenters. The maximum Gasteiger partial charge on any atom is 0.449 e. The van der Waals surface area contributed by atoms with E-state index in [1.54, 1.807) is 29.3 Å². The quantitative estimate of drug-likeness (QED) is 0.358. The number of hydrogen-bond donors (Lipinski definition) is 0. The van der Waals surface area contributed by atoms with Crippen molar-refractivity contribution in [3.8, 4) is 23.2 Å². The summed E-state index contributed by atoms with van der Waals surface area (Å²) in [7, 11) is 2.41. The van der Waals surface area contributed by atoms with Gasteiger partial charge in [-0.2, -0.15) is 18.4 Å². The Labute approximate surface area is 218 Å². The summed E-state index contributed by atoms with van der Waals surface area (Å²) in [5.74, 6) is -2.04. The molecule has 0 radical (unpaired) electrons. The molecule has 200 valence electrons. The fraction of sp³-hybridized carbons (Fsp3) is 0.280. The molecule has 5 rings (SSSR count). The third-order valence-corrected chi connectivity index (χ3v) is 6.21. The first-order chi connectivity index (χ1) is 18.6. The van der Waals surface area contributed by atoms with Gasteiger partial charge in [-0.3, -0.25) is 9.36 Å². The van der Waals surface area contributed by atoms with Crippen LogP contribution in [-0.4, -0.2) is 51.3 Å². The predicted molar refractivity (Wildman–Crippen MR) is 129 cm³/mol. The Hall–Kier alpha value is -4.64. The molecule has 1 fully saturated rings. The largest absolute Gasteiger partial charge is 0.481 e. The average Bonchev–Trinajstić information content (AvgIpc) is 2.94. The van der Waals surface area contributed by atoms with Crippen molar-refractivity contribution in [1.29, 1.82) is 5.26 Å². The summed E-state index contributed by atoms with van der Waals surface area (Å²) in [6.45, 7) is 0.733. The first-order valence-electron chi connectivity index (χ1n) is 11.5. The Bertz CT molecular complexity index is 1680. The van der Waals surface area contributed by atoms with Gasteiger partial charge in [0, 0.05) is 31.4 Å². The first-order valence-corrected chi connectivity index (χ1v) is 11.5. The molecule has 0 saturated carbocycles. The number of morpholine rings is 1. The molecule has 1 aromatic carbocycles. The highest BCUT2D eigenvalue weighted by Gasteiger charge is 2.37. The number of alkyl halides is 3.